The van der Waals surface area contributed by atoms with Gasteiger partial charge in [0.15, 0.2) is 0 Å². The molecule has 0 saturated carbocycles. The van der Waals surface area contributed by atoms with Crippen LogP contribution >= 0.6 is 0 Å². The predicted molar refractivity (Wildman–Crippen MR) is 70.6 cm³/mol. The first-order chi connectivity index (χ1) is 9.33. The highest BCUT2D eigenvalue weighted by Gasteiger charge is 2.23. The van der Waals surface area contributed by atoms with E-state index in [-0.39, 0.29) is 17.9 Å². The van der Waals surface area contributed by atoms with Crippen molar-refractivity contribution < 1.29 is 18.4 Å². The van der Waals surface area contributed by atoms with Crippen molar-refractivity contribution in [3.63, 3.8) is 0 Å². The first-order valence-corrected chi connectivity index (χ1v) is 6.37. The number of carbonyl (C=O) groups is 2. The predicted octanol–water partition coefficient (Wildman–Crippen LogP) is 1.52. The van der Waals surface area contributed by atoms with Gasteiger partial charge in [0.05, 0.1) is 6.42 Å². The number of carbonyl (C=O) groups excluding carboxylic acids is 2. The minimum Gasteiger partial charge on any atom is -0.368 e. The van der Waals surface area contributed by atoms with Crippen LogP contribution in [0, 0.1) is 17.6 Å². The van der Waals surface area contributed by atoms with E-state index < -0.39 is 29.5 Å². The van der Waals surface area contributed by atoms with E-state index in [1.54, 1.807) is 6.92 Å². The topological polar surface area (TPSA) is 72.2 Å². The van der Waals surface area contributed by atoms with E-state index in [9.17, 15) is 18.4 Å². The maximum absolute atomic E-state index is 13.0. The first kappa shape index (κ1) is 16.1. The molecule has 3 N–H and O–H groups in total. The fraction of sp³-hybridized carbons (Fsp3) is 0.429. The average molecular weight is 284 g/mol. The number of amides is 2. The molecule has 0 aliphatic carbocycles. The van der Waals surface area contributed by atoms with Gasteiger partial charge >= 0.3 is 0 Å². The van der Waals surface area contributed by atoms with E-state index in [1.807, 2.05) is 6.92 Å². The number of rotatable bonds is 6. The zero-order valence-electron chi connectivity index (χ0n) is 11.5. The van der Waals surface area contributed by atoms with Gasteiger partial charge in [0.2, 0.25) is 11.8 Å². The van der Waals surface area contributed by atoms with Crippen molar-refractivity contribution in [1.29, 1.82) is 0 Å². The maximum atomic E-state index is 13.0. The standard InChI is InChI=1S/C14H18F2N2O2/c1-3-8(2)13(14(17)20)18-12(19)6-9-4-10(15)7-11(16)5-9/h4-5,7-8,13H,3,6H2,1-2H3,(H2,17,20)(H,18,19)/t8-,13+/m1/s1. The van der Waals surface area contributed by atoms with Crippen LogP contribution in [0.5, 0.6) is 0 Å². The van der Waals surface area contributed by atoms with Crippen molar-refractivity contribution >= 4 is 11.8 Å². The molecule has 2 atom stereocenters. The molecule has 0 bridgehead atoms. The van der Waals surface area contributed by atoms with Gasteiger partial charge in [-0.25, -0.2) is 8.78 Å². The van der Waals surface area contributed by atoms with Crippen LogP contribution in [0.25, 0.3) is 0 Å². The van der Waals surface area contributed by atoms with Crippen LogP contribution in [0.15, 0.2) is 18.2 Å². The van der Waals surface area contributed by atoms with Crippen molar-refractivity contribution in [1.82, 2.24) is 5.32 Å². The fourth-order valence-electron chi connectivity index (χ4n) is 1.85. The molecular formula is C14H18F2N2O2. The summed E-state index contributed by atoms with van der Waals surface area (Å²) in [6.07, 6.45) is 0.456. The second-order valence-electron chi connectivity index (χ2n) is 4.79. The summed E-state index contributed by atoms with van der Waals surface area (Å²) >= 11 is 0. The number of nitrogens with one attached hydrogen (secondary N) is 1. The Kier molecular flexibility index (Phi) is 5.61. The van der Waals surface area contributed by atoms with Crippen LogP contribution in [0.4, 0.5) is 8.78 Å². The third kappa shape index (κ3) is 4.60. The Balaban J connectivity index is 2.73. The molecule has 6 heteroatoms. The molecule has 0 aliphatic rings. The summed E-state index contributed by atoms with van der Waals surface area (Å²) in [5, 5.41) is 2.50. The van der Waals surface area contributed by atoms with E-state index in [0.717, 1.165) is 18.2 Å². The molecular weight excluding hydrogens is 266 g/mol. The molecule has 0 saturated heterocycles. The molecule has 2 amide bonds. The fourth-order valence-corrected chi connectivity index (χ4v) is 1.85. The number of halogens is 2. The molecule has 0 spiro atoms. The highest BCUT2D eigenvalue weighted by Crippen LogP contribution is 2.10. The number of primary amides is 1. The van der Waals surface area contributed by atoms with E-state index in [2.05, 4.69) is 5.32 Å². The lowest BCUT2D eigenvalue weighted by Crippen LogP contribution is -2.48. The van der Waals surface area contributed by atoms with Gasteiger partial charge < -0.3 is 11.1 Å². The lowest BCUT2D eigenvalue weighted by atomic mass is 9.98. The molecule has 0 heterocycles. The van der Waals surface area contributed by atoms with Crippen LogP contribution < -0.4 is 11.1 Å². The normalized spacial score (nSPS) is 13.6. The van der Waals surface area contributed by atoms with Crippen molar-refractivity contribution in [2.75, 3.05) is 0 Å². The van der Waals surface area contributed by atoms with Gasteiger partial charge in [-0.15, -0.1) is 0 Å². The Morgan fingerprint density at radius 2 is 1.80 bits per heavy atom. The third-order valence-corrected chi connectivity index (χ3v) is 3.12. The van der Waals surface area contributed by atoms with Gasteiger partial charge in [-0.1, -0.05) is 20.3 Å². The molecule has 110 valence electrons. The molecule has 0 aromatic heterocycles. The Morgan fingerprint density at radius 1 is 1.25 bits per heavy atom. The Hall–Kier alpha value is -1.98. The average Bonchev–Trinajstić information content (AvgIpc) is 2.33. The Bertz CT molecular complexity index is 486. The largest absolute Gasteiger partial charge is 0.368 e. The molecule has 0 aliphatic heterocycles. The summed E-state index contributed by atoms with van der Waals surface area (Å²) in [4.78, 5) is 23.1. The van der Waals surface area contributed by atoms with Crippen LogP contribution in [0.3, 0.4) is 0 Å². The molecule has 20 heavy (non-hydrogen) atoms. The van der Waals surface area contributed by atoms with Crippen molar-refractivity contribution in [2.24, 2.45) is 11.7 Å². The minimum atomic E-state index is -0.786. The van der Waals surface area contributed by atoms with Crippen LogP contribution in [0.1, 0.15) is 25.8 Å². The van der Waals surface area contributed by atoms with Gasteiger partial charge in [0, 0.05) is 6.07 Å². The Morgan fingerprint density at radius 3 is 2.25 bits per heavy atom. The summed E-state index contributed by atoms with van der Waals surface area (Å²) in [6.45, 7) is 3.66. The lowest BCUT2D eigenvalue weighted by Gasteiger charge is -2.21. The monoisotopic (exact) mass is 284 g/mol. The summed E-state index contributed by atoms with van der Waals surface area (Å²) in [5.41, 5.74) is 5.43. The minimum absolute atomic E-state index is 0.110. The zero-order chi connectivity index (χ0) is 15.3. The van der Waals surface area contributed by atoms with Gasteiger partial charge in [-0.3, -0.25) is 9.59 Å². The second kappa shape index (κ2) is 6.98. The summed E-state index contributed by atoms with van der Waals surface area (Å²) in [6, 6.07) is 2.09. The van der Waals surface area contributed by atoms with Gasteiger partial charge in [-0.05, 0) is 23.6 Å². The molecule has 4 nitrogen and oxygen atoms in total. The Labute approximate surface area is 116 Å². The van der Waals surface area contributed by atoms with Crippen LogP contribution in [-0.2, 0) is 16.0 Å². The third-order valence-electron chi connectivity index (χ3n) is 3.12. The summed E-state index contributed by atoms with van der Waals surface area (Å²) < 4.78 is 26.0. The first-order valence-electron chi connectivity index (χ1n) is 6.37. The molecule has 0 radical (unpaired) electrons. The lowest BCUT2D eigenvalue weighted by molar-refractivity contribution is -0.128. The zero-order valence-corrected chi connectivity index (χ0v) is 11.5. The van der Waals surface area contributed by atoms with E-state index in [0.29, 0.717) is 6.42 Å². The molecule has 0 fully saturated rings. The number of hydrogen-bond acceptors (Lipinski definition) is 2. The van der Waals surface area contributed by atoms with Crippen molar-refractivity contribution in [2.45, 2.75) is 32.7 Å². The molecule has 1 rings (SSSR count). The number of hydrogen-bond donors (Lipinski definition) is 2. The molecule has 1 aromatic rings. The van der Waals surface area contributed by atoms with Gasteiger partial charge in [-0.2, -0.15) is 0 Å². The van der Waals surface area contributed by atoms with E-state index in [1.165, 1.54) is 0 Å². The van der Waals surface area contributed by atoms with Crippen LogP contribution in [0.2, 0.25) is 0 Å². The SMILES string of the molecule is CC[C@@H](C)[C@H](NC(=O)Cc1cc(F)cc(F)c1)C(N)=O. The maximum Gasteiger partial charge on any atom is 0.240 e. The number of nitrogens with two attached hydrogens (primary N) is 1. The molecule has 1 aromatic carbocycles. The smallest absolute Gasteiger partial charge is 0.240 e. The van der Waals surface area contributed by atoms with E-state index >= 15 is 0 Å². The highest BCUT2D eigenvalue weighted by molar-refractivity contribution is 5.87. The second-order valence-corrected chi connectivity index (χ2v) is 4.79. The van der Waals surface area contributed by atoms with Gasteiger partial charge in [0.1, 0.15) is 17.7 Å². The quantitative estimate of drug-likeness (QED) is 0.831. The van der Waals surface area contributed by atoms with Gasteiger partial charge in [0.25, 0.3) is 0 Å². The summed E-state index contributed by atoms with van der Waals surface area (Å²) in [5.74, 6) is -2.74. The van der Waals surface area contributed by atoms with Crippen LogP contribution in [-0.4, -0.2) is 17.9 Å². The van der Waals surface area contributed by atoms with Crippen molar-refractivity contribution in [3.05, 3.63) is 35.4 Å². The summed E-state index contributed by atoms with van der Waals surface area (Å²) in [7, 11) is 0. The molecule has 0 unspecified atom stereocenters. The van der Waals surface area contributed by atoms with Crippen molar-refractivity contribution in [3.8, 4) is 0 Å². The number of benzene rings is 1. The van der Waals surface area contributed by atoms with E-state index in [4.69, 9.17) is 5.73 Å². The highest BCUT2D eigenvalue weighted by atomic mass is 19.1.